The molecule has 4 heteroatoms. The minimum atomic E-state index is 0.131. The predicted molar refractivity (Wildman–Crippen MR) is 201 cm³/mol. The van der Waals surface area contributed by atoms with E-state index in [2.05, 4.69) is 138 Å². The SMILES string of the molecule is C1=CC2c3ccc4c5c(sc4c3N(C3=CCC(c4nc(-c6ccc(-c7ccccc7)cc6)c6c(n4)=CCCC=6)C=C3)C2C=C1)C=CCC5. The van der Waals surface area contributed by atoms with Crippen molar-refractivity contribution in [2.24, 2.45) is 0 Å². The summed E-state index contributed by atoms with van der Waals surface area (Å²) in [6, 6.07) is 24.5. The molecule has 0 N–H and O–H groups in total. The lowest BCUT2D eigenvalue weighted by Crippen LogP contribution is -2.35. The van der Waals surface area contributed by atoms with E-state index in [-0.39, 0.29) is 12.0 Å². The predicted octanol–water partition coefficient (Wildman–Crippen LogP) is 9.37. The maximum atomic E-state index is 5.30. The molecule has 3 atom stereocenters. The van der Waals surface area contributed by atoms with Gasteiger partial charge < -0.3 is 4.90 Å². The van der Waals surface area contributed by atoms with Gasteiger partial charge in [0.25, 0.3) is 0 Å². The lowest BCUT2D eigenvalue weighted by atomic mass is 9.90. The minimum Gasteiger partial charge on any atom is -0.332 e. The van der Waals surface area contributed by atoms with Gasteiger partial charge in [-0.1, -0.05) is 121 Å². The Hall–Kier alpha value is -5.06. The number of aryl methyl sites for hydroxylation is 1. The Morgan fingerprint density at radius 2 is 1.56 bits per heavy atom. The van der Waals surface area contributed by atoms with E-state index < -0.39 is 0 Å². The number of fused-ring (bicyclic) bond motifs is 8. The zero-order chi connectivity index (χ0) is 31.6. The first kappa shape index (κ1) is 28.0. The summed E-state index contributed by atoms with van der Waals surface area (Å²) in [4.78, 5) is 14.5. The maximum absolute atomic E-state index is 5.30. The van der Waals surface area contributed by atoms with Crippen LogP contribution >= 0.6 is 11.3 Å². The van der Waals surface area contributed by atoms with Crippen molar-refractivity contribution >= 4 is 45.3 Å². The summed E-state index contributed by atoms with van der Waals surface area (Å²) in [5.41, 5.74) is 10.3. The molecule has 10 rings (SSSR count). The number of hydrogen-bond donors (Lipinski definition) is 0. The second-order valence-corrected chi connectivity index (χ2v) is 14.5. The first-order valence-electron chi connectivity index (χ1n) is 17.3. The average molecular weight is 638 g/mol. The van der Waals surface area contributed by atoms with Crippen molar-refractivity contribution in [3.63, 3.8) is 0 Å². The number of nitrogens with zero attached hydrogens (tertiary/aromatic N) is 3. The first-order chi connectivity index (χ1) is 23.8. The quantitative estimate of drug-likeness (QED) is 0.197. The summed E-state index contributed by atoms with van der Waals surface area (Å²) in [5, 5.41) is 3.68. The van der Waals surface area contributed by atoms with Crippen LogP contribution in [-0.4, -0.2) is 16.0 Å². The summed E-state index contributed by atoms with van der Waals surface area (Å²) in [5.74, 6) is 1.41. The Labute approximate surface area is 285 Å². The van der Waals surface area contributed by atoms with Crippen molar-refractivity contribution in [3.8, 4) is 22.4 Å². The Morgan fingerprint density at radius 1 is 0.729 bits per heavy atom. The van der Waals surface area contributed by atoms with Gasteiger partial charge in [-0.05, 0) is 71.9 Å². The van der Waals surface area contributed by atoms with Gasteiger partial charge in [0.15, 0.2) is 0 Å². The van der Waals surface area contributed by atoms with Gasteiger partial charge in [0, 0.05) is 33.2 Å². The largest absolute Gasteiger partial charge is 0.332 e. The normalized spacial score (nSPS) is 21.6. The minimum absolute atomic E-state index is 0.131. The van der Waals surface area contributed by atoms with Gasteiger partial charge in [-0.25, -0.2) is 9.97 Å². The molecule has 3 unspecified atom stereocenters. The van der Waals surface area contributed by atoms with Crippen molar-refractivity contribution in [2.75, 3.05) is 4.90 Å². The smallest absolute Gasteiger partial charge is 0.136 e. The Bertz CT molecular complexity index is 2390. The van der Waals surface area contributed by atoms with Crippen LogP contribution in [0.4, 0.5) is 5.69 Å². The van der Waals surface area contributed by atoms with Crippen LogP contribution in [0, 0.1) is 0 Å². The van der Waals surface area contributed by atoms with Crippen molar-refractivity contribution < 1.29 is 0 Å². The highest BCUT2D eigenvalue weighted by Crippen LogP contribution is 2.53. The molecule has 0 bridgehead atoms. The van der Waals surface area contributed by atoms with Crippen LogP contribution in [0.3, 0.4) is 0 Å². The number of anilines is 1. The van der Waals surface area contributed by atoms with Crippen LogP contribution in [0.15, 0.2) is 121 Å². The number of hydrogen-bond acceptors (Lipinski definition) is 4. The summed E-state index contributed by atoms with van der Waals surface area (Å²) < 4.78 is 1.43. The van der Waals surface area contributed by atoms with Crippen LogP contribution in [0.2, 0.25) is 0 Å². The summed E-state index contributed by atoms with van der Waals surface area (Å²) >= 11 is 1.97. The molecule has 1 aliphatic heterocycles. The van der Waals surface area contributed by atoms with Gasteiger partial charge in [-0.2, -0.15) is 0 Å². The Morgan fingerprint density at radius 3 is 2.44 bits per heavy atom. The molecule has 0 radical (unpaired) electrons. The van der Waals surface area contributed by atoms with Gasteiger partial charge in [-0.3, -0.25) is 0 Å². The van der Waals surface area contributed by atoms with E-state index in [1.807, 2.05) is 11.3 Å². The summed E-state index contributed by atoms with van der Waals surface area (Å²) in [6.45, 7) is 0. The molecule has 0 saturated carbocycles. The lowest BCUT2D eigenvalue weighted by molar-refractivity contribution is 0.711. The number of benzene rings is 3. The van der Waals surface area contributed by atoms with E-state index >= 15 is 0 Å². The molecule has 0 amide bonds. The van der Waals surface area contributed by atoms with E-state index in [1.165, 1.54) is 53.8 Å². The summed E-state index contributed by atoms with van der Waals surface area (Å²) in [7, 11) is 0. The fourth-order valence-corrected chi connectivity index (χ4v) is 9.60. The molecule has 3 aromatic carbocycles. The third kappa shape index (κ3) is 4.47. The van der Waals surface area contributed by atoms with Crippen LogP contribution in [0.25, 0.3) is 50.7 Å². The molecular weight excluding hydrogens is 603 g/mol. The third-order valence-corrected chi connectivity index (χ3v) is 11.9. The van der Waals surface area contributed by atoms with Crippen molar-refractivity contribution in [2.45, 2.75) is 50.0 Å². The molecule has 2 aromatic heterocycles. The van der Waals surface area contributed by atoms with Crippen LogP contribution < -0.4 is 15.5 Å². The molecule has 48 heavy (non-hydrogen) atoms. The van der Waals surface area contributed by atoms with Gasteiger partial charge in [-0.15, -0.1) is 11.3 Å². The van der Waals surface area contributed by atoms with E-state index in [1.54, 1.807) is 0 Å². The van der Waals surface area contributed by atoms with Crippen LogP contribution in [0.5, 0.6) is 0 Å². The Balaban J connectivity index is 1.01. The van der Waals surface area contributed by atoms with Crippen LogP contribution in [0.1, 0.15) is 59.3 Å². The average Bonchev–Trinajstić information content (AvgIpc) is 3.71. The van der Waals surface area contributed by atoms with Crippen molar-refractivity contribution in [3.05, 3.63) is 153 Å². The maximum Gasteiger partial charge on any atom is 0.136 e. The van der Waals surface area contributed by atoms with Crippen molar-refractivity contribution in [1.82, 2.24) is 9.97 Å². The molecule has 3 heterocycles. The van der Waals surface area contributed by atoms with E-state index in [4.69, 9.17) is 9.97 Å². The second-order valence-electron chi connectivity index (χ2n) is 13.4. The fraction of sp³-hybridized carbons (Fsp3) is 0.182. The molecule has 3 nitrogen and oxygen atoms in total. The van der Waals surface area contributed by atoms with E-state index in [0.29, 0.717) is 5.92 Å². The lowest BCUT2D eigenvalue weighted by Gasteiger charge is -2.31. The van der Waals surface area contributed by atoms with E-state index in [0.717, 1.165) is 54.5 Å². The van der Waals surface area contributed by atoms with Gasteiger partial charge in [0.05, 0.1) is 27.5 Å². The highest BCUT2D eigenvalue weighted by molar-refractivity contribution is 7.20. The molecule has 5 aromatic rings. The van der Waals surface area contributed by atoms with Gasteiger partial charge in [0.2, 0.25) is 0 Å². The van der Waals surface area contributed by atoms with E-state index in [9.17, 15) is 0 Å². The van der Waals surface area contributed by atoms with Gasteiger partial charge in [0.1, 0.15) is 5.82 Å². The summed E-state index contributed by atoms with van der Waals surface area (Å²) in [6.07, 6.45) is 30.8. The fourth-order valence-electron chi connectivity index (χ4n) is 8.27. The molecular formula is C44H35N3S. The molecule has 0 saturated heterocycles. The third-order valence-electron chi connectivity index (χ3n) is 10.6. The number of allylic oxidation sites excluding steroid dienone is 6. The highest BCUT2D eigenvalue weighted by atomic mass is 32.1. The number of rotatable bonds is 4. The molecule has 0 spiro atoms. The molecule has 4 aliphatic carbocycles. The van der Waals surface area contributed by atoms with Crippen LogP contribution in [-0.2, 0) is 6.42 Å². The molecule has 5 aliphatic rings. The zero-order valence-corrected chi connectivity index (χ0v) is 27.5. The number of aromatic nitrogens is 2. The first-order valence-corrected chi connectivity index (χ1v) is 18.1. The monoisotopic (exact) mass is 637 g/mol. The topological polar surface area (TPSA) is 29.0 Å². The number of thiophene rings is 1. The van der Waals surface area contributed by atoms with Crippen molar-refractivity contribution in [1.29, 1.82) is 0 Å². The second kappa shape index (κ2) is 11.3. The highest BCUT2D eigenvalue weighted by Gasteiger charge is 2.40. The Kier molecular flexibility index (Phi) is 6.58. The molecule has 0 fully saturated rings. The molecule has 232 valence electrons. The van der Waals surface area contributed by atoms with Gasteiger partial charge >= 0.3 is 0 Å². The standard InChI is InChI=1S/C44H35N3S/c1-2-10-28(11-3-1)29-18-20-30(21-19-29)41-37-14-4-7-15-38(37)45-44(46-41)31-22-24-32(25-23-31)47-39-16-8-5-12-33(39)35-26-27-36-34-13-6-9-17-40(34)48-43(36)42(35)47/h1-3,5,8-12,14-22,24-27,31,33,39H,4,6-7,13,23H2. The zero-order valence-electron chi connectivity index (χ0n) is 26.7.